The number of hydrogen-bond donors (Lipinski definition) is 0. The molecule has 0 radical (unpaired) electrons. The molecule has 0 saturated carbocycles. The summed E-state index contributed by atoms with van der Waals surface area (Å²) in [4.78, 5) is 17.7. The summed E-state index contributed by atoms with van der Waals surface area (Å²) in [6.45, 7) is 0.771. The Labute approximate surface area is 191 Å². The van der Waals surface area contributed by atoms with Crippen molar-refractivity contribution in [2.45, 2.75) is 42.6 Å². The quantitative estimate of drug-likeness (QED) is 0.555. The molecule has 1 fully saturated rings. The van der Waals surface area contributed by atoms with E-state index < -0.39 is 57.1 Å². The minimum absolute atomic E-state index is 0.0511. The third kappa shape index (κ3) is 5.80. The summed E-state index contributed by atoms with van der Waals surface area (Å²) < 4.78 is 107. The maximum atomic E-state index is 13.2. The molecule has 2 heterocycles. The topological polar surface area (TPSA) is 76.6 Å². The van der Waals surface area contributed by atoms with Crippen LogP contribution in [0.3, 0.4) is 0 Å². The number of carbonyl (C=O) groups excluding carboxylic acids is 1. The molecule has 2 aromatic rings. The van der Waals surface area contributed by atoms with Gasteiger partial charge >= 0.3 is 12.4 Å². The number of rotatable bonds is 5. The molecule has 13 heteroatoms. The van der Waals surface area contributed by atoms with Gasteiger partial charge in [-0.15, -0.1) is 0 Å². The highest BCUT2D eigenvalue weighted by Crippen LogP contribution is 2.34. The predicted molar refractivity (Wildman–Crippen MR) is 108 cm³/mol. The van der Waals surface area contributed by atoms with Crippen molar-refractivity contribution >= 4 is 15.7 Å². The van der Waals surface area contributed by atoms with Crippen molar-refractivity contribution in [1.82, 2.24) is 9.88 Å². The summed E-state index contributed by atoms with van der Waals surface area (Å²) in [5.74, 6) is -1.80. The molecule has 1 amide bonds. The Bertz CT molecular complexity index is 1180. The van der Waals surface area contributed by atoms with Crippen molar-refractivity contribution in [2.75, 3.05) is 19.3 Å². The number of sulfone groups is 1. The number of likely N-dealkylation sites (tertiary alicyclic amines) is 1. The lowest BCUT2D eigenvalue weighted by Gasteiger charge is -2.22. The Morgan fingerprint density at radius 1 is 1.15 bits per heavy atom. The number of carbonyl (C=O) groups is 1. The number of nitrogens with zero attached hydrogens (tertiary/aromatic N) is 2. The molecule has 0 spiro atoms. The summed E-state index contributed by atoms with van der Waals surface area (Å²) in [5, 5.41) is 0. The van der Waals surface area contributed by atoms with E-state index in [-0.39, 0.29) is 30.1 Å². The zero-order valence-corrected chi connectivity index (χ0v) is 18.8. The van der Waals surface area contributed by atoms with Crippen LogP contribution >= 0.6 is 0 Å². The van der Waals surface area contributed by atoms with Gasteiger partial charge in [-0.25, -0.2) is 13.4 Å². The Morgan fingerprint density at radius 2 is 1.82 bits per heavy atom. The van der Waals surface area contributed by atoms with Gasteiger partial charge in [0.15, 0.2) is 15.9 Å². The van der Waals surface area contributed by atoms with Gasteiger partial charge in [0.05, 0.1) is 10.5 Å². The molecule has 1 aliphatic heterocycles. The molecule has 2 atom stereocenters. The summed E-state index contributed by atoms with van der Waals surface area (Å²) in [5.41, 5.74) is -1.35. The van der Waals surface area contributed by atoms with Gasteiger partial charge in [-0.3, -0.25) is 4.79 Å². The Balaban J connectivity index is 1.90. The van der Waals surface area contributed by atoms with Crippen LogP contribution in [0, 0.1) is 0 Å². The fourth-order valence-corrected chi connectivity index (χ4v) is 4.11. The maximum absolute atomic E-state index is 13.2. The van der Waals surface area contributed by atoms with Gasteiger partial charge in [-0.2, -0.15) is 26.3 Å². The second kappa shape index (κ2) is 9.08. The van der Waals surface area contributed by atoms with Gasteiger partial charge in [-0.05, 0) is 43.7 Å². The Hall–Kier alpha value is -2.83. The van der Waals surface area contributed by atoms with Crippen LogP contribution in [0.1, 0.15) is 41.0 Å². The lowest BCUT2D eigenvalue weighted by atomic mass is 10.0. The SMILES string of the molecule is C[C@H](Oc1ccc(S(C)(=O)=O)cc1C(=O)N1CCC(c2cccc(C(F)(F)F)n2)C1)C(F)(F)F. The van der Waals surface area contributed by atoms with E-state index in [4.69, 9.17) is 4.74 Å². The monoisotopic (exact) mass is 510 g/mol. The number of hydrogen-bond acceptors (Lipinski definition) is 5. The number of aromatic nitrogens is 1. The highest BCUT2D eigenvalue weighted by atomic mass is 32.2. The number of benzene rings is 1. The summed E-state index contributed by atoms with van der Waals surface area (Å²) in [6.07, 6.45) is -10.5. The molecule has 6 nitrogen and oxygen atoms in total. The molecule has 1 aromatic heterocycles. The zero-order valence-electron chi connectivity index (χ0n) is 17.9. The lowest BCUT2D eigenvalue weighted by molar-refractivity contribution is -0.189. The highest BCUT2D eigenvalue weighted by molar-refractivity contribution is 7.90. The number of ether oxygens (including phenoxy) is 1. The average molecular weight is 510 g/mol. The molecule has 1 saturated heterocycles. The van der Waals surface area contributed by atoms with E-state index in [0.717, 1.165) is 37.4 Å². The molecule has 0 bridgehead atoms. The minimum Gasteiger partial charge on any atom is -0.480 e. The molecular weight excluding hydrogens is 490 g/mol. The Morgan fingerprint density at radius 3 is 2.41 bits per heavy atom. The van der Waals surface area contributed by atoms with E-state index >= 15 is 0 Å². The van der Waals surface area contributed by atoms with Crippen LogP contribution in [0.4, 0.5) is 26.3 Å². The van der Waals surface area contributed by atoms with Crippen LogP contribution in [0.5, 0.6) is 5.75 Å². The van der Waals surface area contributed by atoms with Crippen LogP contribution in [0.2, 0.25) is 0 Å². The van der Waals surface area contributed by atoms with Gasteiger partial charge in [-0.1, -0.05) is 6.07 Å². The molecule has 1 unspecified atom stereocenters. The van der Waals surface area contributed by atoms with E-state index in [9.17, 15) is 39.6 Å². The van der Waals surface area contributed by atoms with Crippen molar-refractivity contribution in [3.8, 4) is 5.75 Å². The van der Waals surface area contributed by atoms with Crippen LogP contribution in [-0.2, 0) is 16.0 Å². The largest absolute Gasteiger partial charge is 0.480 e. The highest BCUT2D eigenvalue weighted by Gasteiger charge is 2.39. The zero-order chi connectivity index (χ0) is 25.5. The smallest absolute Gasteiger partial charge is 0.433 e. The fraction of sp³-hybridized carbons (Fsp3) is 0.429. The van der Waals surface area contributed by atoms with Gasteiger partial charge in [0.1, 0.15) is 11.4 Å². The first-order valence-electron chi connectivity index (χ1n) is 9.98. The average Bonchev–Trinajstić information content (AvgIpc) is 3.22. The molecule has 0 N–H and O–H groups in total. The molecule has 3 rings (SSSR count). The van der Waals surface area contributed by atoms with Crippen molar-refractivity contribution in [3.63, 3.8) is 0 Å². The van der Waals surface area contributed by atoms with Gasteiger partial charge < -0.3 is 9.64 Å². The van der Waals surface area contributed by atoms with Crippen molar-refractivity contribution in [2.24, 2.45) is 0 Å². The fourth-order valence-electron chi connectivity index (χ4n) is 3.46. The number of pyridine rings is 1. The number of halogens is 6. The van der Waals surface area contributed by atoms with E-state index in [1.807, 2.05) is 0 Å². The second-order valence-corrected chi connectivity index (χ2v) is 9.93. The van der Waals surface area contributed by atoms with Crippen molar-refractivity contribution < 1.29 is 44.3 Å². The summed E-state index contributed by atoms with van der Waals surface area (Å²) in [6, 6.07) is 6.38. The first kappa shape index (κ1) is 25.8. The van der Waals surface area contributed by atoms with E-state index in [1.54, 1.807) is 0 Å². The first-order chi connectivity index (χ1) is 15.6. The van der Waals surface area contributed by atoms with Gasteiger partial charge in [0, 0.05) is 31.0 Å². The van der Waals surface area contributed by atoms with E-state index in [0.29, 0.717) is 0 Å². The van der Waals surface area contributed by atoms with Crippen molar-refractivity contribution in [1.29, 1.82) is 0 Å². The molecule has 34 heavy (non-hydrogen) atoms. The lowest BCUT2D eigenvalue weighted by Crippen LogP contribution is -2.33. The molecule has 1 aromatic carbocycles. The van der Waals surface area contributed by atoms with Crippen LogP contribution < -0.4 is 4.74 Å². The molecule has 186 valence electrons. The van der Waals surface area contributed by atoms with Crippen LogP contribution in [0.15, 0.2) is 41.3 Å². The third-order valence-corrected chi connectivity index (χ3v) is 6.44. The standard InChI is InChI=1S/C21H20F6N2O4S/c1-12(20(22,23)24)33-17-7-6-14(34(2,31)32)10-15(17)19(30)29-9-8-13(11-29)16-4-3-5-18(28-16)21(25,26)27/h3-7,10,12-13H,8-9,11H2,1-2H3/t12-,13?/m0/s1. The Kier molecular flexibility index (Phi) is 6.89. The third-order valence-electron chi connectivity index (χ3n) is 5.33. The van der Waals surface area contributed by atoms with E-state index in [2.05, 4.69) is 4.98 Å². The summed E-state index contributed by atoms with van der Waals surface area (Å²) in [7, 11) is -3.79. The number of amides is 1. The molecular formula is C21H20F6N2O4S. The molecule has 0 aliphatic carbocycles. The van der Waals surface area contributed by atoms with E-state index in [1.165, 1.54) is 17.0 Å². The maximum Gasteiger partial charge on any atom is 0.433 e. The summed E-state index contributed by atoms with van der Waals surface area (Å²) >= 11 is 0. The van der Waals surface area contributed by atoms with Gasteiger partial charge in [0.25, 0.3) is 5.91 Å². The second-order valence-electron chi connectivity index (χ2n) is 7.91. The normalized spacial score (nSPS) is 18.1. The first-order valence-corrected chi connectivity index (χ1v) is 11.9. The molecule has 1 aliphatic rings. The van der Waals surface area contributed by atoms with Crippen LogP contribution in [0.25, 0.3) is 0 Å². The number of alkyl halides is 6. The minimum atomic E-state index is -4.73. The van der Waals surface area contributed by atoms with Gasteiger partial charge in [0.2, 0.25) is 0 Å². The predicted octanol–water partition coefficient (Wildman–Crippen LogP) is 4.46. The van der Waals surface area contributed by atoms with Crippen LogP contribution in [-0.4, -0.2) is 55.8 Å². The van der Waals surface area contributed by atoms with Crippen molar-refractivity contribution in [3.05, 3.63) is 53.3 Å².